The molecule has 0 atom stereocenters. The molecule has 0 radical (unpaired) electrons. The lowest BCUT2D eigenvalue weighted by molar-refractivity contribution is -0.131. The Bertz CT molecular complexity index is 1000. The van der Waals surface area contributed by atoms with Crippen LogP contribution in [0.2, 0.25) is 0 Å². The van der Waals surface area contributed by atoms with Gasteiger partial charge in [-0.05, 0) is 37.1 Å². The number of urea groups is 1. The normalized spacial score (nSPS) is 16.8. The second-order valence-corrected chi connectivity index (χ2v) is 8.50. The van der Waals surface area contributed by atoms with Crippen molar-refractivity contribution < 1.29 is 19.4 Å². The van der Waals surface area contributed by atoms with Crippen LogP contribution < -0.4 is 15.5 Å². The van der Waals surface area contributed by atoms with Gasteiger partial charge in [-0.25, -0.2) is 14.8 Å². The van der Waals surface area contributed by atoms with Crippen molar-refractivity contribution in [3.8, 4) is 11.4 Å². The Morgan fingerprint density at radius 3 is 2.45 bits per heavy atom. The van der Waals surface area contributed by atoms with E-state index in [-0.39, 0.29) is 25.1 Å². The number of carbonyl (C=O) groups excluding carboxylic acids is 2. The van der Waals surface area contributed by atoms with E-state index < -0.39 is 5.41 Å². The van der Waals surface area contributed by atoms with Gasteiger partial charge in [0.1, 0.15) is 5.82 Å². The first-order valence-corrected chi connectivity index (χ1v) is 11.1. The van der Waals surface area contributed by atoms with E-state index in [2.05, 4.69) is 15.5 Å². The summed E-state index contributed by atoms with van der Waals surface area (Å²) in [6, 6.07) is 8.80. The zero-order chi connectivity index (χ0) is 23.4. The van der Waals surface area contributed by atoms with Gasteiger partial charge < -0.3 is 30.3 Å². The van der Waals surface area contributed by atoms with Crippen LogP contribution in [0.5, 0.6) is 0 Å². The molecule has 2 aromatic rings. The number of benzene rings is 1. The summed E-state index contributed by atoms with van der Waals surface area (Å²) in [6.45, 7) is 2.79. The van der Waals surface area contributed by atoms with E-state index in [0.717, 1.165) is 43.0 Å². The number of aliphatic hydroxyl groups excluding tert-OH is 1. The summed E-state index contributed by atoms with van der Waals surface area (Å²) in [5, 5.41) is 14.1. The molecule has 176 valence electrons. The average Bonchev–Trinajstić information content (AvgIpc) is 3.65. The Kier molecular flexibility index (Phi) is 6.75. The summed E-state index contributed by atoms with van der Waals surface area (Å²) >= 11 is 0. The third kappa shape index (κ3) is 5.07. The molecule has 2 aliphatic rings. The van der Waals surface area contributed by atoms with Gasteiger partial charge in [0.15, 0.2) is 5.82 Å². The highest BCUT2D eigenvalue weighted by atomic mass is 16.5. The van der Waals surface area contributed by atoms with Crippen LogP contribution in [0.1, 0.15) is 18.5 Å². The molecule has 1 saturated carbocycles. The van der Waals surface area contributed by atoms with Crippen molar-refractivity contribution in [3.05, 3.63) is 36.0 Å². The number of likely N-dealkylation sites (N-methyl/N-ethyl adjacent to an activating group) is 1. The van der Waals surface area contributed by atoms with Crippen molar-refractivity contribution in [3.63, 3.8) is 0 Å². The van der Waals surface area contributed by atoms with E-state index in [9.17, 15) is 9.59 Å². The second-order valence-electron chi connectivity index (χ2n) is 8.50. The summed E-state index contributed by atoms with van der Waals surface area (Å²) in [4.78, 5) is 38.2. The standard InChI is InChI=1S/C23H30N6O4/c1-28(2)21(31)23(7-8-23)18-15-19(29-10-13-33-14-11-29)27-20(26-18)16-3-5-17(6-4-16)25-22(32)24-9-12-30/h3-6,15,30H,7-14H2,1-2H3,(H2,24,25,32). The first kappa shape index (κ1) is 22.9. The molecule has 3 N–H and O–H groups in total. The Balaban J connectivity index is 1.64. The molecule has 1 aliphatic carbocycles. The van der Waals surface area contributed by atoms with Gasteiger partial charge >= 0.3 is 6.03 Å². The maximum atomic E-state index is 13.0. The molecule has 1 aromatic heterocycles. The van der Waals surface area contributed by atoms with E-state index in [1.54, 1.807) is 31.1 Å². The maximum absolute atomic E-state index is 13.0. The minimum Gasteiger partial charge on any atom is -0.395 e. The third-order valence-corrected chi connectivity index (χ3v) is 5.90. The van der Waals surface area contributed by atoms with E-state index >= 15 is 0 Å². The highest BCUT2D eigenvalue weighted by molar-refractivity contribution is 5.91. The van der Waals surface area contributed by atoms with E-state index in [1.807, 2.05) is 18.2 Å². The number of anilines is 2. The molecule has 2 fully saturated rings. The van der Waals surface area contributed by atoms with Gasteiger partial charge in [-0.3, -0.25) is 4.79 Å². The number of ether oxygens (including phenoxy) is 1. The van der Waals surface area contributed by atoms with Crippen LogP contribution in [0, 0.1) is 0 Å². The fraction of sp³-hybridized carbons (Fsp3) is 0.478. The Morgan fingerprint density at radius 2 is 1.85 bits per heavy atom. The van der Waals surface area contributed by atoms with Gasteiger partial charge in [0.05, 0.1) is 30.9 Å². The highest BCUT2D eigenvalue weighted by Crippen LogP contribution is 2.49. The largest absolute Gasteiger partial charge is 0.395 e. The summed E-state index contributed by atoms with van der Waals surface area (Å²) in [5.41, 5.74) is 1.56. The smallest absolute Gasteiger partial charge is 0.319 e. The third-order valence-electron chi connectivity index (χ3n) is 5.90. The van der Waals surface area contributed by atoms with Gasteiger partial charge in [-0.2, -0.15) is 0 Å². The van der Waals surface area contributed by atoms with Crippen molar-refractivity contribution in [2.75, 3.05) is 63.8 Å². The van der Waals surface area contributed by atoms with Crippen molar-refractivity contribution in [1.29, 1.82) is 0 Å². The Morgan fingerprint density at radius 1 is 1.15 bits per heavy atom. The number of nitrogens with zero attached hydrogens (tertiary/aromatic N) is 4. The summed E-state index contributed by atoms with van der Waals surface area (Å²) in [7, 11) is 3.55. The number of hydrogen-bond acceptors (Lipinski definition) is 7. The topological polar surface area (TPSA) is 120 Å². The van der Waals surface area contributed by atoms with Crippen LogP contribution in [0.15, 0.2) is 30.3 Å². The lowest BCUT2D eigenvalue weighted by Gasteiger charge is -2.29. The molecule has 2 heterocycles. The molecule has 10 heteroatoms. The number of morpholine rings is 1. The van der Waals surface area contributed by atoms with Crippen molar-refractivity contribution in [2.24, 2.45) is 0 Å². The van der Waals surface area contributed by atoms with E-state index in [4.69, 9.17) is 19.8 Å². The molecule has 1 aliphatic heterocycles. The molecule has 33 heavy (non-hydrogen) atoms. The number of nitrogens with one attached hydrogen (secondary N) is 2. The van der Waals surface area contributed by atoms with Crippen LogP contribution in [0.3, 0.4) is 0 Å². The number of aliphatic hydroxyl groups is 1. The highest BCUT2D eigenvalue weighted by Gasteiger charge is 2.53. The molecule has 1 saturated heterocycles. The average molecular weight is 455 g/mol. The molecule has 0 bridgehead atoms. The van der Waals surface area contributed by atoms with Crippen LogP contribution in [-0.2, 0) is 14.9 Å². The summed E-state index contributed by atoms with van der Waals surface area (Å²) < 4.78 is 5.49. The fourth-order valence-corrected chi connectivity index (χ4v) is 3.94. The summed E-state index contributed by atoms with van der Waals surface area (Å²) in [5.74, 6) is 1.40. The van der Waals surface area contributed by atoms with E-state index in [1.165, 1.54) is 0 Å². The first-order chi connectivity index (χ1) is 15.9. The Labute approximate surface area is 193 Å². The van der Waals surface area contributed by atoms with Crippen LogP contribution in [0.4, 0.5) is 16.3 Å². The predicted octanol–water partition coefficient (Wildman–Crippen LogP) is 1.21. The molecule has 3 amide bonds. The van der Waals surface area contributed by atoms with E-state index in [0.29, 0.717) is 24.7 Å². The lowest BCUT2D eigenvalue weighted by Crippen LogP contribution is -2.38. The number of carbonyl (C=O) groups is 2. The molecular weight excluding hydrogens is 424 g/mol. The molecule has 0 unspecified atom stereocenters. The summed E-state index contributed by atoms with van der Waals surface area (Å²) in [6.07, 6.45) is 1.55. The minimum absolute atomic E-state index is 0.0634. The van der Waals surface area contributed by atoms with Gasteiger partial charge in [0, 0.05) is 51.0 Å². The molecule has 10 nitrogen and oxygen atoms in total. The molecular formula is C23H30N6O4. The van der Waals surface area contributed by atoms with Crippen LogP contribution in [0.25, 0.3) is 11.4 Å². The number of hydrogen-bond donors (Lipinski definition) is 3. The monoisotopic (exact) mass is 454 g/mol. The van der Waals surface area contributed by atoms with Crippen LogP contribution in [-0.4, -0.2) is 85.5 Å². The number of amides is 3. The Hall–Kier alpha value is -3.24. The van der Waals surface area contributed by atoms with Gasteiger partial charge in [-0.1, -0.05) is 0 Å². The number of rotatable bonds is 7. The SMILES string of the molecule is CN(C)C(=O)C1(c2cc(N3CCOCC3)nc(-c3ccc(NC(=O)NCCO)cc3)n2)CC1. The van der Waals surface area contributed by atoms with Gasteiger partial charge in [0.25, 0.3) is 0 Å². The molecule has 0 spiro atoms. The fourth-order valence-electron chi connectivity index (χ4n) is 3.94. The second kappa shape index (κ2) is 9.72. The number of aromatic nitrogens is 2. The zero-order valence-corrected chi connectivity index (χ0v) is 19.0. The predicted molar refractivity (Wildman–Crippen MR) is 124 cm³/mol. The molecule has 4 rings (SSSR count). The molecule has 1 aromatic carbocycles. The minimum atomic E-state index is -0.589. The maximum Gasteiger partial charge on any atom is 0.319 e. The van der Waals surface area contributed by atoms with Crippen molar-refractivity contribution >= 4 is 23.4 Å². The quantitative estimate of drug-likeness (QED) is 0.575. The van der Waals surface area contributed by atoms with Crippen LogP contribution >= 0.6 is 0 Å². The van der Waals surface area contributed by atoms with Crippen molar-refractivity contribution in [2.45, 2.75) is 18.3 Å². The van der Waals surface area contributed by atoms with Gasteiger partial charge in [-0.15, -0.1) is 0 Å². The zero-order valence-electron chi connectivity index (χ0n) is 19.0. The first-order valence-electron chi connectivity index (χ1n) is 11.1. The lowest BCUT2D eigenvalue weighted by atomic mass is 9.99. The van der Waals surface area contributed by atoms with Gasteiger partial charge in [0.2, 0.25) is 5.91 Å². The van der Waals surface area contributed by atoms with Crippen molar-refractivity contribution in [1.82, 2.24) is 20.2 Å².